The number of carbonyl (C=O) groups is 2. The molecule has 0 bridgehead atoms. The first kappa shape index (κ1) is 28.7. The summed E-state index contributed by atoms with van der Waals surface area (Å²) in [6, 6.07) is 8.17. The Balaban J connectivity index is 0.000000678. The number of H-pyrrole nitrogens is 1. The molecule has 0 unspecified atom stereocenters. The van der Waals surface area contributed by atoms with E-state index in [1.807, 2.05) is 18.2 Å². The van der Waals surface area contributed by atoms with Gasteiger partial charge in [0.15, 0.2) is 5.82 Å². The maximum absolute atomic E-state index is 12.7. The molecule has 0 radical (unpaired) electrons. The van der Waals surface area contributed by atoms with Crippen molar-refractivity contribution in [1.29, 1.82) is 5.26 Å². The van der Waals surface area contributed by atoms with Crippen LogP contribution in [0, 0.1) is 11.3 Å². The Morgan fingerprint density at radius 3 is 2.69 bits per heavy atom. The molecule has 7 nitrogen and oxygen atoms in total. The number of aldehydes is 1. The van der Waals surface area contributed by atoms with Gasteiger partial charge in [0.05, 0.1) is 12.8 Å². The fourth-order valence-electron chi connectivity index (χ4n) is 3.62. The highest BCUT2D eigenvalue weighted by molar-refractivity contribution is 5.95. The van der Waals surface area contributed by atoms with Crippen LogP contribution in [-0.2, 0) is 16.0 Å². The highest BCUT2D eigenvalue weighted by Gasteiger charge is 2.25. The van der Waals surface area contributed by atoms with E-state index in [-0.39, 0.29) is 18.0 Å². The smallest absolute Gasteiger partial charge is 0.383 e. The van der Waals surface area contributed by atoms with Crippen molar-refractivity contribution in [2.75, 3.05) is 26.8 Å². The number of imidazole rings is 1. The van der Waals surface area contributed by atoms with Crippen LogP contribution in [0.4, 0.5) is 13.2 Å². The van der Waals surface area contributed by atoms with Gasteiger partial charge in [-0.2, -0.15) is 18.4 Å². The maximum Gasteiger partial charge on any atom is 0.446 e. The molecule has 0 atom stereocenters. The number of methoxy groups -OCH3 is 1. The van der Waals surface area contributed by atoms with Gasteiger partial charge in [0.1, 0.15) is 11.8 Å². The normalized spacial score (nSPS) is 13.1. The lowest BCUT2D eigenvalue weighted by Crippen LogP contribution is -2.21. The zero-order valence-electron chi connectivity index (χ0n) is 20.1. The molecule has 1 aliphatic rings. The number of nitrogens with one attached hydrogen (secondary N) is 2. The van der Waals surface area contributed by atoms with Gasteiger partial charge in [0, 0.05) is 26.6 Å². The third-order valence-corrected chi connectivity index (χ3v) is 5.42. The number of aromatic amines is 1. The van der Waals surface area contributed by atoms with Crippen molar-refractivity contribution >= 4 is 23.2 Å². The molecule has 2 aromatic rings. The van der Waals surface area contributed by atoms with Crippen molar-refractivity contribution in [1.82, 2.24) is 15.3 Å². The van der Waals surface area contributed by atoms with Gasteiger partial charge in [-0.1, -0.05) is 24.8 Å². The van der Waals surface area contributed by atoms with Crippen LogP contribution in [0.15, 0.2) is 37.1 Å². The van der Waals surface area contributed by atoms with Gasteiger partial charge in [0.2, 0.25) is 12.1 Å². The Bertz CT molecular complexity index is 1130. The summed E-state index contributed by atoms with van der Waals surface area (Å²) in [5.41, 5.74) is 5.76. The largest absolute Gasteiger partial charge is 0.446 e. The van der Waals surface area contributed by atoms with Crippen molar-refractivity contribution in [2.45, 2.75) is 38.3 Å². The summed E-state index contributed by atoms with van der Waals surface area (Å²) < 4.78 is 36.3. The van der Waals surface area contributed by atoms with Crippen LogP contribution in [0.5, 0.6) is 0 Å². The first-order valence-corrected chi connectivity index (χ1v) is 11.4. The molecular weight excluding hydrogens is 473 g/mol. The van der Waals surface area contributed by atoms with Gasteiger partial charge in [-0.05, 0) is 59.6 Å². The fraction of sp³-hybridized carbons (Fsp3) is 0.385. The van der Waals surface area contributed by atoms with Crippen molar-refractivity contribution in [3.05, 3.63) is 65.3 Å². The van der Waals surface area contributed by atoms with Crippen molar-refractivity contribution in [3.63, 3.8) is 0 Å². The minimum absolute atomic E-state index is 0.123. The van der Waals surface area contributed by atoms with Gasteiger partial charge in [0.25, 0.3) is 0 Å². The van der Waals surface area contributed by atoms with Crippen LogP contribution in [0.3, 0.4) is 0 Å². The van der Waals surface area contributed by atoms with Crippen LogP contribution >= 0.6 is 0 Å². The molecule has 10 heteroatoms. The highest BCUT2D eigenvalue weighted by Crippen LogP contribution is 2.31. The summed E-state index contributed by atoms with van der Waals surface area (Å²) in [5.74, 6) is 0.105. The van der Waals surface area contributed by atoms with E-state index in [0.717, 1.165) is 48.1 Å². The number of ether oxygens (including phenoxy) is 1. The van der Waals surface area contributed by atoms with E-state index in [1.165, 1.54) is 18.2 Å². The molecule has 1 aromatic carbocycles. The number of nitrogens with zero attached hydrogens (tertiary/aromatic N) is 2. The van der Waals surface area contributed by atoms with E-state index in [1.54, 1.807) is 7.11 Å². The minimum Gasteiger partial charge on any atom is -0.383 e. The lowest BCUT2D eigenvalue weighted by atomic mass is 9.87. The Hall–Kier alpha value is -3.55. The minimum atomic E-state index is -4.64. The molecule has 192 valence electrons. The third kappa shape index (κ3) is 9.24. The third-order valence-electron chi connectivity index (χ3n) is 5.42. The Morgan fingerprint density at radius 1 is 1.36 bits per heavy atom. The van der Waals surface area contributed by atoms with Gasteiger partial charge in [-0.15, -0.1) is 0 Å². The number of allylic oxidation sites excluding steroid dienone is 2. The lowest BCUT2D eigenvalue weighted by molar-refractivity contribution is -0.156. The number of ketones is 1. The number of rotatable bonds is 10. The number of alkyl halides is 3. The van der Waals surface area contributed by atoms with Crippen LogP contribution in [0.2, 0.25) is 0 Å². The SMILES string of the molecule is C=C(CNCCOC)c1ccc(CC(=O)c2ncc(C#N)[nH]2)c(C2=CCCCC2)c1.O=CC(F)(F)F. The second kappa shape index (κ2) is 14.1. The van der Waals surface area contributed by atoms with Gasteiger partial charge >= 0.3 is 6.18 Å². The molecule has 3 rings (SSSR count). The number of aromatic nitrogens is 2. The molecule has 0 saturated carbocycles. The summed E-state index contributed by atoms with van der Waals surface area (Å²) >= 11 is 0. The molecule has 0 amide bonds. The van der Waals surface area contributed by atoms with Crippen molar-refractivity contribution in [3.8, 4) is 6.07 Å². The molecular formula is C26H29F3N4O3. The molecule has 0 spiro atoms. The van der Waals surface area contributed by atoms with E-state index in [0.29, 0.717) is 18.8 Å². The van der Waals surface area contributed by atoms with Crippen molar-refractivity contribution in [2.24, 2.45) is 0 Å². The van der Waals surface area contributed by atoms with E-state index in [4.69, 9.17) is 14.8 Å². The zero-order chi connectivity index (χ0) is 26.6. The molecule has 1 heterocycles. The molecule has 36 heavy (non-hydrogen) atoms. The predicted molar refractivity (Wildman–Crippen MR) is 130 cm³/mol. The highest BCUT2D eigenvalue weighted by atomic mass is 19.4. The van der Waals surface area contributed by atoms with Gasteiger partial charge in [-0.3, -0.25) is 9.59 Å². The Labute approximate surface area is 208 Å². The van der Waals surface area contributed by atoms with Crippen LogP contribution in [0.1, 0.15) is 58.7 Å². The van der Waals surface area contributed by atoms with Crippen molar-refractivity contribution < 1.29 is 27.5 Å². The van der Waals surface area contributed by atoms with Crippen LogP contribution in [-0.4, -0.2) is 55.0 Å². The monoisotopic (exact) mass is 502 g/mol. The van der Waals surface area contributed by atoms with Crippen LogP contribution in [0.25, 0.3) is 11.1 Å². The average Bonchev–Trinajstić information content (AvgIpc) is 3.37. The summed E-state index contributed by atoms with van der Waals surface area (Å²) in [4.78, 5) is 28.3. The lowest BCUT2D eigenvalue weighted by Gasteiger charge is -2.18. The zero-order valence-corrected chi connectivity index (χ0v) is 20.1. The van der Waals surface area contributed by atoms with E-state index in [2.05, 4.69) is 34.0 Å². The number of nitriles is 1. The number of benzene rings is 1. The predicted octanol–water partition coefficient (Wildman–Crippen LogP) is 4.66. The Kier molecular flexibility index (Phi) is 11.2. The fourth-order valence-corrected chi connectivity index (χ4v) is 3.62. The van der Waals surface area contributed by atoms with Gasteiger partial charge < -0.3 is 15.0 Å². The number of hydrogen-bond acceptors (Lipinski definition) is 6. The summed E-state index contributed by atoms with van der Waals surface area (Å²) in [6.07, 6.45) is 2.66. The standard InChI is InChI=1S/C24H28N4O2.C2HF3O/c1-17(15-26-10-11-30-2)19-8-9-20(22(12-19)18-6-4-3-5-7-18)13-23(29)24-27-16-21(14-25)28-24;3-2(4,5)1-6/h6,8-9,12,16,26H,1,3-5,7,10-11,13,15H2,2H3,(H,27,28);1H. The average molecular weight is 503 g/mol. The first-order valence-electron chi connectivity index (χ1n) is 11.4. The van der Waals surface area contributed by atoms with E-state index in [9.17, 15) is 18.0 Å². The quantitative estimate of drug-likeness (QED) is 0.278. The Morgan fingerprint density at radius 2 is 2.11 bits per heavy atom. The second-order valence-electron chi connectivity index (χ2n) is 8.14. The number of hydrogen-bond donors (Lipinski definition) is 2. The van der Waals surface area contributed by atoms with E-state index >= 15 is 0 Å². The number of halogens is 3. The molecule has 0 aliphatic heterocycles. The summed E-state index contributed by atoms with van der Waals surface area (Å²) in [6.45, 7) is 6.34. The summed E-state index contributed by atoms with van der Waals surface area (Å²) in [5, 5.41) is 12.3. The number of carbonyl (C=O) groups excluding carboxylic acids is 2. The molecule has 0 saturated heterocycles. The van der Waals surface area contributed by atoms with E-state index < -0.39 is 12.5 Å². The second-order valence-corrected chi connectivity index (χ2v) is 8.14. The van der Waals surface area contributed by atoms with Gasteiger partial charge in [-0.25, -0.2) is 4.98 Å². The topological polar surface area (TPSA) is 108 Å². The van der Waals surface area contributed by atoms with Crippen LogP contribution < -0.4 is 5.32 Å². The molecule has 1 aliphatic carbocycles. The first-order chi connectivity index (χ1) is 17.2. The molecule has 1 aromatic heterocycles. The molecule has 0 fully saturated rings. The number of Topliss-reactive ketones (excluding diaryl/α,β-unsaturated/α-hetero) is 1. The molecule has 2 N–H and O–H groups in total. The maximum atomic E-state index is 12.7. The summed E-state index contributed by atoms with van der Waals surface area (Å²) in [7, 11) is 1.69.